The van der Waals surface area contributed by atoms with E-state index in [-0.39, 0.29) is 24.4 Å². The van der Waals surface area contributed by atoms with Crippen LogP contribution < -0.4 is 4.74 Å². The molecule has 0 unspecified atom stereocenters. The maximum atomic E-state index is 14.3. The number of benzene rings is 1. The number of amides is 1. The molecular weight excluding hydrogens is 399 g/mol. The minimum Gasteiger partial charge on any atom is -0.473 e. The normalized spacial score (nSPS) is 15.3. The van der Waals surface area contributed by atoms with Gasteiger partial charge < -0.3 is 18.8 Å². The number of furan rings is 1. The monoisotopic (exact) mass is 426 g/mol. The fourth-order valence-corrected chi connectivity index (χ4v) is 3.72. The van der Waals surface area contributed by atoms with Gasteiger partial charge in [-0.25, -0.2) is 14.2 Å². The predicted octanol–water partition coefficient (Wildman–Crippen LogP) is 5.66. The van der Waals surface area contributed by atoms with Crippen molar-refractivity contribution < 1.29 is 23.1 Å². The van der Waals surface area contributed by atoms with Gasteiger partial charge in [-0.05, 0) is 51.8 Å². The summed E-state index contributed by atoms with van der Waals surface area (Å²) >= 11 is 0. The zero-order valence-corrected chi connectivity index (χ0v) is 18.1. The lowest BCUT2D eigenvalue weighted by molar-refractivity contribution is 0.0204. The Labute approximate surface area is 181 Å². The van der Waals surface area contributed by atoms with E-state index >= 15 is 0 Å². The van der Waals surface area contributed by atoms with E-state index in [4.69, 9.17) is 13.9 Å². The van der Waals surface area contributed by atoms with Crippen LogP contribution in [0.2, 0.25) is 0 Å². The van der Waals surface area contributed by atoms with Crippen LogP contribution in [0.15, 0.2) is 47.1 Å². The highest BCUT2D eigenvalue weighted by molar-refractivity contribution is 5.77. The molecule has 1 amide bonds. The summed E-state index contributed by atoms with van der Waals surface area (Å²) < 4.78 is 30.7. The third-order valence-electron chi connectivity index (χ3n) is 5.31. The van der Waals surface area contributed by atoms with Gasteiger partial charge in [-0.2, -0.15) is 0 Å². The molecule has 3 heterocycles. The number of carbonyl (C=O) groups excluding carboxylic acids is 1. The van der Waals surface area contributed by atoms with Gasteiger partial charge in [0.1, 0.15) is 23.6 Å². The van der Waals surface area contributed by atoms with E-state index in [1.807, 2.05) is 32.9 Å². The molecule has 6 nitrogen and oxygen atoms in total. The fourth-order valence-electron chi connectivity index (χ4n) is 3.72. The number of hydrogen-bond donors (Lipinski definition) is 0. The first kappa shape index (κ1) is 21.2. The van der Waals surface area contributed by atoms with Crippen LogP contribution in [0.1, 0.15) is 50.8 Å². The SMILES string of the molecule is CC(C)(C)OC(=O)N1CCC(c2cccc(OCc3cc4ccoc4cc3F)n2)CC1. The summed E-state index contributed by atoms with van der Waals surface area (Å²) in [6.07, 6.45) is 2.88. The number of piperidine rings is 1. The molecule has 0 saturated carbocycles. The fraction of sp³-hybridized carbons (Fsp3) is 0.417. The van der Waals surface area contributed by atoms with E-state index in [1.54, 1.807) is 23.1 Å². The number of rotatable bonds is 4. The zero-order valence-electron chi connectivity index (χ0n) is 18.1. The van der Waals surface area contributed by atoms with Gasteiger partial charge in [0.05, 0.1) is 6.26 Å². The van der Waals surface area contributed by atoms with Crippen molar-refractivity contribution in [1.82, 2.24) is 9.88 Å². The molecule has 4 rings (SSSR count). The number of aromatic nitrogens is 1. The minimum absolute atomic E-state index is 0.0838. The van der Waals surface area contributed by atoms with Crippen LogP contribution in [-0.4, -0.2) is 34.7 Å². The average Bonchev–Trinajstić information content (AvgIpc) is 3.18. The molecule has 0 N–H and O–H groups in total. The first-order chi connectivity index (χ1) is 14.8. The smallest absolute Gasteiger partial charge is 0.410 e. The largest absolute Gasteiger partial charge is 0.473 e. The summed E-state index contributed by atoms with van der Waals surface area (Å²) in [6.45, 7) is 6.94. The Kier molecular flexibility index (Phi) is 5.85. The van der Waals surface area contributed by atoms with Gasteiger partial charge in [-0.15, -0.1) is 0 Å². The maximum absolute atomic E-state index is 14.3. The summed E-state index contributed by atoms with van der Waals surface area (Å²) in [5, 5.41) is 0.832. The number of pyridine rings is 1. The maximum Gasteiger partial charge on any atom is 0.410 e. The molecule has 1 aliphatic rings. The van der Waals surface area contributed by atoms with Gasteiger partial charge >= 0.3 is 6.09 Å². The molecule has 164 valence electrons. The highest BCUT2D eigenvalue weighted by atomic mass is 19.1. The van der Waals surface area contributed by atoms with Gasteiger partial charge in [0.15, 0.2) is 0 Å². The molecule has 0 aliphatic carbocycles. The van der Waals surface area contributed by atoms with E-state index in [1.165, 1.54) is 12.3 Å². The van der Waals surface area contributed by atoms with Crippen molar-refractivity contribution >= 4 is 17.1 Å². The molecular formula is C24H27FN2O4. The van der Waals surface area contributed by atoms with Crippen molar-refractivity contribution in [3.05, 3.63) is 59.7 Å². The van der Waals surface area contributed by atoms with Crippen molar-refractivity contribution in [1.29, 1.82) is 0 Å². The summed E-state index contributed by atoms with van der Waals surface area (Å²) in [7, 11) is 0. The standard InChI is InChI=1S/C24H27FN2O4/c1-24(2,3)31-23(28)27-10-7-16(8-11-27)20-5-4-6-22(26-20)30-15-18-13-17-9-12-29-21(17)14-19(18)25/h4-6,9,12-14,16H,7-8,10-11,15H2,1-3H3. The van der Waals surface area contributed by atoms with Crippen LogP contribution in [0.3, 0.4) is 0 Å². The van der Waals surface area contributed by atoms with E-state index in [9.17, 15) is 9.18 Å². The van der Waals surface area contributed by atoms with Crippen molar-refractivity contribution in [3.8, 4) is 5.88 Å². The van der Waals surface area contributed by atoms with Gasteiger partial charge in [0, 0.05) is 47.8 Å². The minimum atomic E-state index is -0.497. The number of ether oxygens (including phenoxy) is 2. The van der Waals surface area contributed by atoms with Crippen molar-refractivity contribution in [2.75, 3.05) is 13.1 Å². The topological polar surface area (TPSA) is 64.8 Å². The van der Waals surface area contributed by atoms with Gasteiger partial charge in [0.25, 0.3) is 0 Å². The lowest BCUT2D eigenvalue weighted by Gasteiger charge is -2.33. The molecule has 1 fully saturated rings. The Balaban J connectivity index is 1.36. The molecule has 1 aliphatic heterocycles. The molecule has 1 aromatic carbocycles. The van der Waals surface area contributed by atoms with Crippen LogP contribution in [-0.2, 0) is 11.3 Å². The Bertz CT molecular complexity index is 1060. The van der Waals surface area contributed by atoms with E-state index in [0.717, 1.165) is 23.9 Å². The van der Waals surface area contributed by atoms with Crippen LogP contribution in [0.5, 0.6) is 5.88 Å². The zero-order chi connectivity index (χ0) is 22.0. The molecule has 7 heteroatoms. The number of likely N-dealkylation sites (tertiary alicyclic amines) is 1. The Hall–Kier alpha value is -3.09. The Morgan fingerprint density at radius 3 is 2.74 bits per heavy atom. The summed E-state index contributed by atoms with van der Waals surface area (Å²) in [5.74, 6) is 0.327. The number of carbonyl (C=O) groups is 1. The Morgan fingerprint density at radius 1 is 1.23 bits per heavy atom. The van der Waals surface area contributed by atoms with E-state index in [2.05, 4.69) is 4.98 Å². The second kappa shape index (κ2) is 8.57. The molecule has 0 radical (unpaired) electrons. The number of nitrogens with zero attached hydrogens (tertiary/aromatic N) is 2. The number of fused-ring (bicyclic) bond motifs is 1. The van der Waals surface area contributed by atoms with Crippen molar-refractivity contribution in [3.63, 3.8) is 0 Å². The predicted molar refractivity (Wildman–Crippen MR) is 115 cm³/mol. The van der Waals surface area contributed by atoms with Crippen molar-refractivity contribution in [2.45, 2.75) is 51.7 Å². The molecule has 0 atom stereocenters. The molecule has 0 spiro atoms. The van der Waals surface area contributed by atoms with E-state index < -0.39 is 5.60 Å². The van der Waals surface area contributed by atoms with Crippen LogP contribution in [0.4, 0.5) is 9.18 Å². The van der Waals surface area contributed by atoms with Crippen LogP contribution >= 0.6 is 0 Å². The molecule has 3 aromatic rings. The van der Waals surface area contributed by atoms with Crippen LogP contribution in [0, 0.1) is 5.82 Å². The lowest BCUT2D eigenvalue weighted by Crippen LogP contribution is -2.41. The van der Waals surface area contributed by atoms with Gasteiger partial charge in [0.2, 0.25) is 5.88 Å². The molecule has 2 aromatic heterocycles. The average molecular weight is 426 g/mol. The Morgan fingerprint density at radius 2 is 2.00 bits per heavy atom. The quantitative estimate of drug-likeness (QED) is 0.539. The summed E-state index contributed by atoms with van der Waals surface area (Å²) in [6, 6.07) is 10.5. The van der Waals surface area contributed by atoms with Crippen molar-refractivity contribution in [2.24, 2.45) is 0 Å². The highest BCUT2D eigenvalue weighted by Crippen LogP contribution is 2.29. The second-order valence-electron chi connectivity index (χ2n) is 8.83. The lowest BCUT2D eigenvalue weighted by atomic mass is 9.93. The summed E-state index contributed by atoms with van der Waals surface area (Å²) in [4.78, 5) is 18.6. The van der Waals surface area contributed by atoms with Gasteiger partial charge in [-0.3, -0.25) is 0 Å². The molecule has 0 bridgehead atoms. The number of halogens is 1. The summed E-state index contributed by atoms with van der Waals surface area (Å²) in [5.41, 5.74) is 1.39. The first-order valence-electron chi connectivity index (χ1n) is 10.5. The second-order valence-corrected chi connectivity index (χ2v) is 8.83. The van der Waals surface area contributed by atoms with Crippen LogP contribution in [0.25, 0.3) is 11.0 Å². The van der Waals surface area contributed by atoms with Gasteiger partial charge in [-0.1, -0.05) is 6.07 Å². The molecule has 1 saturated heterocycles. The molecule has 31 heavy (non-hydrogen) atoms. The number of hydrogen-bond acceptors (Lipinski definition) is 5. The third-order valence-corrected chi connectivity index (χ3v) is 5.31. The highest BCUT2D eigenvalue weighted by Gasteiger charge is 2.28. The van der Waals surface area contributed by atoms with E-state index in [0.29, 0.717) is 30.1 Å². The first-order valence-corrected chi connectivity index (χ1v) is 10.5. The third kappa shape index (κ3) is 5.16.